The number of nitrogens with one attached hydrogen (secondary N) is 1. The van der Waals surface area contributed by atoms with Crippen LogP contribution in [0.2, 0.25) is 5.02 Å². The zero-order chi connectivity index (χ0) is 15.6. The van der Waals surface area contributed by atoms with Gasteiger partial charge >= 0.3 is 5.97 Å². The predicted molar refractivity (Wildman–Crippen MR) is 79.6 cm³/mol. The lowest BCUT2D eigenvalue weighted by atomic mass is 10.2. The van der Waals surface area contributed by atoms with E-state index in [1.165, 1.54) is 6.07 Å². The van der Waals surface area contributed by atoms with Gasteiger partial charge in [0.05, 0.1) is 15.5 Å². The zero-order valence-corrected chi connectivity index (χ0v) is 13.3. The van der Waals surface area contributed by atoms with Gasteiger partial charge in [0.1, 0.15) is 0 Å². The van der Waals surface area contributed by atoms with Crippen molar-refractivity contribution in [2.75, 3.05) is 11.5 Å². The van der Waals surface area contributed by atoms with Crippen molar-refractivity contribution in [3.05, 3.63) is 28.8 Å². The lowest BCUT2D eigenvalue weighted by Gasteiger charge is -2.22. The number of halogens is 1. The summed E-state index contributed by atoms with van der Waals surface area (Å²) in [5.74, 6) is -0.260. The van der Waals surface area contributed by atoms with Gasteiger partial charge in [-0.15, -0.1) is 0 Å². The van der Waals surface area contributed by atoms with Crippen molar-refractivity contribution in [3.63, 3.8) is 0 Å². The smallest absolute Gasteiger partial charge is 0.337 e. The van der Waals surface area contributed by atoms with Gasteiger partial charge in [0.25, 0.3) is 0 Å². The van der Waals surface area contributed by atoms with E-state index in [2.05, 4.69) is 4.72 Å². The van der Waals surface area contributed by atoms with E-state index < -0.39 is 26.8 Å². The molecule has 0 aromatic heterocycles. The van der Waals surface area contributed by atoms with Gasteiger partial charge in [-0.1, -0.05) is 11.6 Å². The van der Waals surface area contributed by atoms with E-state index in [1.807, 2.05) is 0 Å². The molecule has 1 aliphatic heterocycles. The van der Waals surface area contributed by atoms with Crippen LogP contribution >= 0.6 is 11.6 Å². The van der Waals surface area contributed by atoms with Crippen molar-refractivity contribution >= 4 is 38.4 Å². The Morgan fingerprint density at radius 3 is 2.48 bits per heavy atom. The van der Waals surface area contributed by atoms with Crippen LogP contribution < -0.4 is 4.72 Å². The minimum atomic E-state index is -3.77. The Labute approximate surface area is 130 Å². The van der Waals surface area contributed by atoms with E-state index in [1.54, 1.807) is 0 Å². The van der Waals surface area contributed by atoms with Crippen molar-refractivity contribution in [1.29, 1.82) is 0 Å². The Balaban J connectivity index is 2.18. The molecule has 116 valence electrons. The highest BCUT2D eigenvalue weighted by Crippen LogP contribution is 2.22. The van der Waals surface area contributed by atoms with Crippen molar-refractivity contribution in [2.45, 2.75) is 23.8 Å². The number of aromatic carboxylic acids is 1. The number of carboxylic acid groups (broad SMARTS) is 1. The SMILES string of the molecule is O=C(O)c1ccc(S(=O)(=O)NC2CCS(=O)CC2)cc1Cl. The third-order valence-electron chi connectivity index (χ3n) is 3.19. The average Bonchev–Trinajstić information content (AvgIpc) is 2.40. The molecular weight excluding hydrogens is 338 g/mol. The molecule has 21 heavy (non-hydrogen) atoms. The third-order valence-corrected chi connectivity index (χ3v) is 6.40. The quantitative estimate of drug-likeness (QED) is 0.849. The van der Waals surface area contributed by atoms with Gasteiger partial charge in [0.15, 0.2) is 0 Å². The minimum absolute atomic E-state index is 0.0794. The molecule has 0 unspecified atom stereocenters. The lowest BCUT2D eigenvalue weighted by Crippen LogP contribution is -2.39. The summed E-state index contributed by atoms with van der Waals surface area (Å²) in [6.07, 6.45) is 1.04. The topological polar surface area (TPSA) is 101 Å². The van der Waals surface area contributed by atoms with Crippen molar-refractivity contribution in [1.82, 2.24) is 4.72 Å². The Hall–Kier alpha value is -0.960. The molecular formula is C12H14ClNO5S2. The molecule has 0 atom stereocenters. The summed E-state index contributed by atoms with van der Waals surface area (Å²) < 4.78 is 38.2. The molecule has 1 saturated heterocycles. The molecule has 0 aliphatic carbocycles. The predicted octanol–water partition coefficient (Wildman–Crippen LogP) is 1.23. The number of hydrogen-bond acceptors (Lipinski definition) is 4. The van der Waals surface area contributed by atoms with Gasteiger partial charge in [0.2, 0.25) is 10.0 Å². The van der Waals surface area contributed by atoms with E-state index in [4.69, 9.17) is 16.7 Å². The van der Waals surface area contributed by atoms with Crippen LogP contribution in [0.4, 0.5) is 0 Å². The number of carbonyl (C=O) groups is 1. The highest BCUT2D eigenvalue weighted by Gasteiger charge is 2.25. The second-order valence-corrected chi connectivity index (χ2v) is 8.51. The summed E-state index contributed by atoms with van der Waals surface area (Å²) in [4.78, 5) is 10.8. The van der Waals surface area contributed by atoms with E-state index in [0.29, 0.717) is 24.3 Å². The van der Waals surface area contributed by atoms with Gasteiger partial charge in [-0.3, -0.25) is 4.21 Å². The van der Waals surface area contributed by atoms with Gasteiger partial charge in [-0.2, -0.15) is 0 Å². The molecule has 9 heteroatoms. The van der Waals surface area contributed by atoms with Crippen molar-refractivity contribution < 1.29 is 22.5 Å². The standard InChI is InChI=1S/C12H14ClNO5S2/c13-11-7-9(1-2-10(11)12(15)16)21(18,19)14-8-3-5-20(17)6-4-8/h1-2,7-8,14H,3-6H2,(H,15,16). The zero-order valence-electron chi connectivity index (χ0n) is 10.9. The first-order valence-corrected chi connectivity index (χ1v) is 9.54. The molecule has 1 aromatic rings. The van der Waals surface area contributed by atoms with Gasteiger partial charge in [-0.25, -0.2) is 17.9 Å². The van der Waals surface area contributed by atoms with Crippen LogP contribution in [0.1, 0.15) is 23.2 Å². The maximum Gasteiger partial charge on any atom is 0.337 e. The number of benzene rings is 1. The largest absolute Gasteiger partial charge is 0.478 e. The molecule has 0 bridgehead atoms. The number of sulfonamides is 1. The van der Waals surface area contributed by atoms with Crippen molar-refractivity contribution in [3.8, 4) is 0 Å². The normalized spacial score (nSPS) is 22.9. The Morgan fingerprint density at radius 2 is 1.95 bits per heavy atom. The van der Waals surface area contributed by atoms with E-state index in [9.17, 15) is 17.4 Å². The van der Waals surface area contributed by atoms with E-state index in [0.717, 1.165) is 12.1 Å². The second-order valence-electron chi connectivity index (χ2n) is 4.69. The molecule has 1 aromatic carbocycles. The number of rotatable bonds is 4. The summed E-state index contributed by atoms with van der Waals surface area (Å²) in [5.41, 5.74) is -0.149. The maximum atomic E-state index is 12.2. The Kier molecular flexibility index (Phi) is 5.03. The molecule has 2 rings (SSSR count). The molecule has 0 saturated carbocycles. The van der Waals surface area contributed by atoms with Crippen LogP contribution in [0.25, 0.3) is 0 Å². The Morgan fingerprint density at radius 1 is 1.33 bits per heavy atom. The molecule has 1 fully saturated rings. The summed E-state index contributed by atoms with van der Waals surface area (Å²) in [6.45, 7) is 0. The fraction of sp³-hybridized carbons (Fsp3) is 0.417. The van der Waals surface area contributed by atoms with Crippen LogP contribution in [0.3, 0.4) is 0 Å². The van der Waals surface area contributed by atoms with Crippen molar-refractivity contribution in [2.24, 2.45) is 0 Å². The summed E-state index contributed by atoms with van der Waals surface area (Å²) >= 11 is 5.78. The molecule has 0 amide bonds. The summed E-state index contributed by atoms with van der Waals surface area (Å²) in [6, 6.07) is 3.23. The number of hydrogen-bond donors (Lipinski definition) is 2. The highest BCUT2D eigenvalue weighted by atomic mass is 35.5. The molecule has 0 radical (unpaired) electrons. The highest BCUT2D eigenvalue weighted by molar-refractivity contribution is 7.89. The minimum Gasteiger partial charge on any atom is -0.478 e. The van der Waals surface area contributed by atoms with Gasteiger partial charge in [0, 0.05) is 28.3 Å². The van der Waals surface area contributed by atoms with Crippen LogP contribution in [0, 0.1) is 0 Å². The third kappa shape index (κ3) is 4.03. The molecule has 0 spiro atoms. The summed E-state index contributed by atoms with van der Waals surface area (Å²) in [5, 5.41) is 8.74. The monoisotopic (exact) mass is 351 g/mol. The van der Waals surface area contributed by atoms with Crippen LogP contribution in [-0.4, -0.2) is 41.3 Å². The van der Waals surface area contributed by atoms with Gasteiger partial charge in [-0.05, 0) is 31.0 Å². The van der Waals surface area contributed by atoms with Gasteiger partial charge < -0.3 is 5.11 Å². The maximum absolute atomic E-state index is 12.2. The van der Waals surface area contributed by atoms with Crippen LogP contribution in [-0.2, 0) is 20.8 Å². The first-order valence-electron chi connectivity index (χ1n) is 6.20. The van der Waals surface area contributed by atoms with Crippen LogP contribution in [0.15, 0.2) is 23.1 Å². The molecule has 1 aliphatic rings. The fourth-order valence-corrected chi connectivity index (χ4v) is 4.99. The van der Waals surface area contributed by atoms with Crippen LogP contribution in [0.5, 0.6) is 0 Å². The summed E-state index contributed by atoms with van der Waals surface area (Å²) in [7, 11) is -4.64. The van der Waals surface area contributed by atoms with E-state index in [-0.39, 0.29) is 21.5 Å². The lowest BCUT2D eigenvalue weighted by molar-refractivity contribution is 0.0697. The first-order chi connectivity index (χ1) is 9.79. The van der Waals surface area contributed by atoms with E-state index >= 15 is 0 Å². The molecule has 2 N–H and O–H groups in total. The molecule has 1 heterocycles. The average molecular weight is 352 g/mol. The Bertz CT molecular complexity index is 679. The second kappa shape index (κ2) is 6.43. The molecule has 6 nitrogen and oxygen atoms in total. The fourth-order valence-electron chi connectivity index (χ4n) is 2.04. The number of carboxylic acids is 1. The first kappa shape index (κ1) is 16.4.